The molecule has 0 saturated heterocycles. The van der Waals surface area contributed by atoms with Crippen LogP contribution in [0.1, 0.15) is 43.7 Å². The van der Waals surface area contributed by atoms with Crippen LogP contribution in [0.4, 0.5) is 0 Å². The Kier molecular flexibility index (Phi) is 6.39. The van der Waals surface area contributed by atoms with Crippen LogP contribution in [0.25, 0.3) is 6.08 Å². The largest absolute Gasteiger partial charge is 0.452 e. The molecular formula is C19H25NO3. The number of benzene rings is 1. The van der Waals surface area contributed by atoms with Crippen molar-refractivity contribution in [3.05, 3.63) is 41.5 Å². The van der Waals surface area contributed by atoms with Crippen molar-refractivity contribution in [3.8, 4) is 0 Å². The number of hydrogen-bond donors (Lipinski definition) is 1. The lowest BCUT2D eigenvalue weighted by molar-refractivity contribution is -0.144. The Balaban J connectivity index is 1.75. The van der Waals surface area contributed by atoms with Gasteiger partial charge in [0.2, 0.25) is 0 Å². The first-order chi connectivity index (χ1) is 11.1. The molecule has 1 aliphatic rings. The molecule has 0 aromatic heterocycles. The van der Waals surface area contributed by atoms with Crippen molar-refractivity contribution in [2.24, 2.45) is 5.92 Å². The van der Waals surface area contributed by atoms with Crippen LogP contribution in [0, 0.1) is 12.8 Å². The molecule has 1 aliphatic carbocycles. The summed E-state index contributed by atoms with van der Waals surface area (Å²) < 4.78 is 5.00. The van der Waals surface area contributed by atoms with E-state index < -0.39 is 5.97 Å². The zero-order valence-electron chi connectivity index (χ0n) is 13.9. The smallest absolute Gasteiger partial charge is 0.331 e. The zero-order chi connectivity index (χ0) is 16.7. The first-order valence-corrected chi connectivity index (χ1v) is 8.26. The second kappa shape index (κ2) is 8.51. The van der Waals surface area contributed by atoms with Gasteiger partial charge in [0.1, 0.15) is 0 Å². The highest BCUT2D eigenvalue weighted by molar-refractivity contribution is 5.89. The molecule has 23 heavy (non-hydrogen) atoms. The number of carbonyl (C=O) groups excluding carboxylic acids is 2. The SMILES string of the molecule is Cc1ccccc1/C=C/C(=O)OCC(=O)N[C@@H]1CCCC[C@@H]1C. The Hall–Kier alpha value is -2.10. The van der Waals surface area contributed by atoms with Gasteiger partial charge in [0.15, 0.2) is 6.61 Å². The van der Waals surface area contributed by atoms with Crippen LogP contribution in [0.2, 0.25) is 0 Å². The second-order valence-corrected chi connectivity index (χ2v) is 6.23. The number of nitrogens with one attached hydrogen (secondary N) is 1. The van der Waals surface area contributed by atoms with Gasteiger partial charge in [-0.15, -0.1) is 0 Å². The highest BCUT2D eigenvalue weighted by Gasteiger charge is 2.22. The summed E-state index contributed by atoms with van der Waals surface area (Å²) in [7, 11) is 0. The van der Waals surface area contributed by atoms with Crippen molar-refractivity contribution < 1.29 is 14.3 Å². The van der Waals surface area contributed by atoms with E-state index in [-0.39, 0.29) is 18.6 Å². The van der Waals surface area contributed by atoms with Gasteiger partial charge in [0.25, 0.3) is 5.91 Å². The number of amides is 1. The van der Waals surface area contributed by atoms with E-state index in [0.717, 1.165) is 30.4 Å². The lowest BCUT2D eigenvalue weighted by atomic mass is 9.86. The van der Waals surface area contributed by atoms with Gasteiger partial charge in [-0.25, -0.2) is 4.79 Å². The zero-order valence-corrected chi connectivity index (χ0v) is 13.9. The molecule has 1 saturated carbocycles. The molecule has 0 spiro atoms. The minimum Gasteiger partial charge on any atom is -0.452 e. The van der Waals surface area contributed by atoms with Gasteiger partial charge < -0.3 is 10.1 Å². The van der Waals surface area contributed by atoms with E-state index in [9.17, 15) is 9.59 Å². The standard InChI is InChI=1S/C19H25NO3/c1-14-7-3-5-9-16(14)11-12-19(22)23-13-18(21)20-17-10-6-4-8-15(17)2/h3,5,7,9,11-12,15,17H,4,6,8,10,13H2,1-2H3,(H,20,21)/b12-11+/t15-,17+/m0/s1. The third-order valence-electron chi connectivity index (χ3n) is 4.39. The molecule has 4 heteroatoms. The Morgan fingerprint density at radius 3 is 2.74 bits per heavy atom. The number of ether oxygens (including phenoxy) is 1. The summed E-state index contributed by atoms with van der Waals surface area (Å²) in [5, 5.41) is 2.97. The maximum absolute atomic E-state index is 11.9. The van der Waals surface area contributed by atoms with Crippen LogP contribution in [0.5, 0.6) is 0 Å². The van der Waals surface area contributed by atoms with E-state index in [1.54, 1.807) is 6.08 Å². The van der Waals surface area contributed by atoms with E-state index in [2.05, 4.69) is 12.2 Å². The third-order valence-corrected chi connectivity index (χ3v) is 4.39. The lowest BCUT2D eigenvalue weighted by Crippen LogP contribution is -2.42. The van der Waals surface area contributed by atoms with Crippen molar-refractivity contribution in [2.45, 2.75) is 45.6 Å². The fraction of sp³-hybridized carbons (Fsp3) is 0.474. The fourth-order valence-electron chi connectivity index (χ4n) is 2.90. The summed E-state index contributed by atoms with van der Waals surface area (Å²) in [5.74, 6) is -0.231. The van der Waals surface area contributed by atoms with Gasteiger partial charge in [-0.3, -0.25) is 4.79 Å². The van der Waals surface area contributed by atoms with Crippen molar-refractivity contribution in [1.82, 2.24) is 5.32 Å². The molecule has 4 nitrogen and oxygen atoms in total. The average molecular weight is 315 g/mol. The van der Waals surface area contributed by atoms with Crippen LogP contribution < -0.4 is 5.32 Å². The minimum absolute atomic E-state index is 0.206. The highest BCUT2D eigenvalue weighted by Crippen LogP contribution is 2.23. The van der Waals surface area contributed by atoms with Crippen LogP contribution >= 0.6 is 0 Å². The predicted molar refractivity (Wildman–Crippen MR) is 90.7 cm³/mol. The topological polar surface area (TPSA) is 55.4 Å². The summed E-state index contributed by atoms with van der Waals surface area (Å²) in [6, 6.07) is 7.97. The molecule has 0 aliphatic heterocycles. The molecule has 0 heterocycles. The number of aryl methyl sites for hydroxylation is 1. The molecule has 0 radical (unpaired) electrons. The summed E-state index contributed by atoms with van der Waals surface area (Å²) in [5.41, 5.74) is 2.05. The molecule has 1 aromatic carbocycles. The Morgan fingerprint density at radius 2 is 2.00 bits per heavy atom. The maximum atomic E-state index is 11.9. The van der Waals surface area contributed by atoms with Crippen molar-refractivity contribution >= 4 is 18.0 Å². The van der Waals surface area contributed by atoms with Crippen molar-refractivity contribution in [2.75, 3.05) is 6.61 Å². The van der Waals surface area contributed by atoms with Crippen LogP contribution in [0.3, 0.4) is 0 Å². The first-order valence-electron chi connectivity index (χ1n) is 8.26. The van der Waals surface area contributed by atoms with E-state index in [0.29, 0.717) is 5.92 Å². The Morgan fingerprint density at radius 1 is 1.26 bits per heavy atom. The average Bonchev–Trinajstić information content (AvgIpc) is 2.54. The molecule has 1 N–H and O–H groups in total. The van der Waals surface area contributed by atoms with Gasteiger partial charge in [-0.1, -0.05) is 44.0 Å². The number of rotatable bonds is 5. The van der Waals surface area contributed by atoms with E-state index >= 15 is 0 Å². The quantitative estimate of drug-likeness (QED) is 0.670. The highest BCUT2D eigenvalue weighted by atomic mass is 16.5. The molecule has 0 unspecified atom stereocenters. The van der Waals surface area contributed by atoms with Crippen LogP contribution in [-0.4, -0.2) is 24.5 Å². The van der Waals surface area contributed by atoms with Crippen molar-refractivity contribution in [3.63, 3.8) is 0 Å². The number of carbonyl (C=O) groups is 2. The van der Waals surface area contributed by atoms with Gasteiger partial charge in [0, 0.05) is 12.1 Å². The monoisotopic (exact) mass is 315 g/mol. The van der Waals surface area contributed by atoms with Gasteiger partial charge >= 0.3 is 5.97 Å². The minimum atomic E-state index is -0.500. The van der Waals surface area contributed by atoms with Gasteiger partial charge in [0.05, 0.1) is 0 Å². The summed E-state index contributed by atoms with van der Waals surface area (Å²) in [6.45, 7) is 3.91. The number of hydrogen-bond acceptors (Lipinski definition) is 3. The molecule has 1 fully saturated rings. The number of esters is 1. The van der Waals surface area contributed by atoms with Gasteiger partial charge in [-0.05, 0) is 42.9 Å². The summed E-state index contributed by atoms with van der Waals surface area (Å²) >= 11 is 0. The molecule has 124 valence electrons. The van der Waals surface area contributed by atoms with E-state index in [1.165, 1.54) is 12.5 Å². The van der Waals surface area contributed by atoms with Crippen LogP contribution in [0.15, 0.2) is 30.3 Å². The predicted octanol–water partition coefficient (Wildman–Crippen LogP) is 3.25. The first kappa shape index (κ1) is 17.3. The van der Waals surface area contributed by atoms with Crippen LogP contribution in [-0.2, 0) is 14.3 Å². The van der Waals surface area contributed by atoms with E-state index in [4.69, 9.17) is 4.74 Å². The molecule has 0 bridgehead atoms. The summed E-state index contributed by atoms with van der Waals surface area (Å²) in [6.07, 6.45) is 7.59. The van der Waals surface area contributed by atoms with E-state index in [1.807, 2.05) is 31.2 Å². The van der Waals surface area contributed by atoms with Gasteiger partial charge in [-0.2, -0.15) is 0 Å². The molecular weight excluding hydrogens is 290 g/mol. The third kappa shape index (κ3) is 5.55. The Labute approximate surface area is 137 Å². The molecule has 1 aromatic rings. The maximum Gasteiger partial charge on any atom is 0.331 e. The fourth-order valence-corrected chi connectivity index (χ4v) is 2.90. The molecule has 1 amide bonds. The Bertz CT molecular complexity index is 580. The summed E-state index contributed by atoms with van der Waals surface area (Å²) in [4.78, 5) is 23.6. The molecule has 2 atom stereocenters. The van der Waals surface area contributed by atoms with Crippen molar-refractivity contribution in [1.29, 1.82) is 0 Å². The normalized spacial score (nSPS) is 21.1. The second-order valence-electron chi connectivity index (χ2n) is 6.23. The molecule has 2 rings (SSSR count). The lowest BCUT2D eigenvalue weighted by Gasteiger charge is -2.29.